The number of halogens is 1. The Morgan fingerprint density at radius 3 is 2.74 bits per heavy atom. The molecule has 3 nitrogen and oxygen atoms in total. The maximum atomic E-state index is 5.98. The zero-order valence-electron chi connectivity index (χ0n) is 11.4. The van der Waals surface area contributed by atoms with Gasteiger partial charge in [-0.05, 0) is 66.5 Å². The molecular formula is C15H23BrN2O. The van der Waals surface area contributed by atoms with Gasteiger partial charge in [-0.3, -0.25) is 4.90 Å². The van der Waals surface area contributed by atoms with Crippen molar-refractivity contribution in [3.63, 3.8) is 0 Å². The van der Waals surface area contributed by atoms with E-state index in [1.54, 1.807) is 0 Å². The predicted molar refractivity (Wildman–Crippen MR) is 82.7 cm³/mol. The van der Waals surface area contributed by atoms with Crippen LogP contribution in [-0.2, 0) is 6.42 Å². The molecule has 0 bridgehead atoms. The van der Waals surface area contributed by atoms with Gasteiger partial charge in [0, 0.05) is 6.54 Å². The third kappa shape index (κ3) is 4.48. The Hall–Kier alpha value is -0.580. The topological polar surface area (TPSA) is 38.5 Å². The highest BCUT2D eigenvalue weighted by Gasteiger charge is 2.11. The number of nitrogens with two attached hydrogens (primary N) is 1. The second kappa shape index (κ2) is 7.88. The van der Waals surface area contributed by atoms with Crippen molar-refractivity contribution in [2.75, 3.05) is 32.8 Å². The molecule has 1 saturated heterocycles. The first-order chi connectivity index (χ1) is 9.31. The van der Waals surface area contributed by atoms with Crippen LogP contribution < -0.4 is 10.5 Å². The van der Waals surface area contributed by atoms with Gasteiger partial charge in [-0.25, -0.2) is 0 Å². The van der Waals surface area contributed by atoms with Gasteiger partial charge in [-0.2, -0.15) is 0 Å². The molecule has 0 aliphatic carbocycles. The normalized spacial score (nSPS) is 16.5. The quantitative estimate of drug-likeness (QED) is 0.873. The molecule has 1 aromatic rings. The van der Waals surface area contributed by atoms with Crippen LogP contribution in [0.25, 0.3) is 0 Å². The lowest BCUT2D eigenvalue weighted by molar-refractivity contribution is 0.182. The van der Waals surface area contributed by atoms with E-state index in [0.29, 0.717) is 6.54 Å². The number of likely N-dealkylation sites (tertiary alicyclic amines) is 1. The molecule has 0 unspecified atom stereocenters. The maximum absolute atomic E-state index is 5.98. The number of piperidine rings is 1. The second-order valence-corrected chi connectivity index (χ2v) is 5.87. The van der Waals surface area contributed by atoms with E-state index in [0.717, 1.165) is 29.8 Å². The molecule has 1 aliphatic rings. The van der Waals surface area contributed by atoms with Crippen molar-refractivity contribution < 1.29 is 4.74 Å². The summed E-state index contributed by atoms with van der Waals surface area (Å²) in [4.78, 5) is 2.49. The number of rotatable bonds is 6. The molecule has 0 saturated carbocycles. The predicted octanol–water partition coefficient (Wildman–Crippen LogP) is 2.82. The molecule has 1 fully saturated rings. The van der Waals surface area contributed by atoms with E-state index >= 15 is 0 Å². The first kappa shape index (κ1) is 14.8. The van der Waals surface area contributed by atoms with Gasteiger partial charge < -0.3 is 10.5 Å². The van der Waals surface area contributed by atoms with Crippen molar-refractivity contribution in [2.24, 2.45) is 5.73 Å². The van der Waals surface area contributed by atoms with E-state index < -0.39 is 0 Å². The summed E-state index contributed by atoms with van der Waals surface area (Å²) >= 11 is 3.56. The summed E-state index contributed by atoms with van der Waals surface area (Å²) in [6.45, 7) is 4.85. The van der Waals surface area contributed by atoms with Crippen LogP contribution in [0.1, 0.15) is 24.8 Å². The molecule has 2 N–H and O–H groups in total. The van der Waals surface area contributed by atoms with Crippen molar-refractivity contribution in [1.82, 2.24) is 4.90 Å². The summed E-state index contributed by atoms with van der Waals surface area (Å²) in [5.74, 6) is 0.963. The van der Waals surface area contributed by atoms with Crippen LogP contribution in [0.3, 0.4) is 0 Å². The van der Waals surface area contributed by atoms with Crippen molar-refractivity contribution in [3.8, 4) is 5.75 Å². The molecule has 106 valence electrons. The summed E-state index contributed by atoms with van der Waals surface area (Å²) in [6.07, 6.45) is 4.89. The number of hydrogen-bond acceptors (Lipinski definition) is 3. The molecule has 0 spiro atoms. The van der Waals surface area contributed by atoms with Gasteiger partial charge >= 0.3 is 0 Å². The summed E-state index contributed by atoms with van der Waals surface area (Å²) in [6, 6.07) is 6.15. The van der Waals surface area contributed by atoms with E-state index in [1.807, 2.05) is 12.1 Å². The van der Waals surface area contributed by atoms with Crippen LogP contribution in [0, 0.1) is 0 Å². The van der Waals surface area contributed by atoms with Gasteiger partial charge in [0.25, 0.3) is 0 Å². The van der Waals surface area contributed by atoms with Crippen molar-refractivity contribution >= 4 is 15.9 Å². The summed E-state index contributed by atoms with van der Waals surface area (Å²) in [5.41, 5.74) is 6.84. The van der Waals surface area contributed by atoms with Crippen LogP contribution in [0.15, 0.2) is 22.7 Å². The van der Waals surface area contributed by atoms with Gasteiger partial charge in [0.05, 0.1) is 4.47 Å². The average Bonchev–Trinajstić information content (AvgIpc) is 2.43. The highest BCUT2D eigenvalue weighted by molar-refractivity contribution is 9.10. The molecule has 0 radical (unpaired) electrons. The highest BCUT2D eigenvalue weighted by Crippen LogP contribution is 2.29. The Balaban J connectivity index is 1.87. The van der Waals surface area contributed by atoms with E-state index in [2.05, 4.69) is 26.9 Å². The molecule has 4 heteroatoms. The fraction of sp³-hybridized carbons (Fsp3) is 0.600. The molecule has 0 atom stereocenters. The third-order valence-electron chi connectivity index (χ3n) is 3.56. The standard InChI is InChI=1S/C15H23BrN2O/c16-14-6-4-5-13(7-8-17)15(14)19-12-11-18-9-2-1-3-10-18/h4-6H,1-3,7-12,17H2. The minimum absolute atomic E-state index is 0.652. The van der Waals surface area contributed by atoms with Crippen LogP contribution in [0.5, 0.6) is 5.75 Å². The summed E-state index contributed by atoms with van der Waals surface area (Å²) < 4.78 is 7.00. The monoisotopic (exact) mass is 326 g/mol. The molecular weight excluding hydrogens is 304 g/mol. The molecule has 1 heterocycles. The minimum atomic E-state index is 0.652. The smallest absolute Gasteiger partial charge is 0.136 e. The van der Waals surface area contributed by atoms with Crippen LogP contribution in [0.4, 0.5) is 0 Å². The molecule has 19 heavy (non-hydrogen) atoms. The van der Waals surface area contributed by atoms with E-state index in [1.165, 1.54) is 37.9 Å². The van der Waals surface area contributed by atoms with Gasteiger partial charge in [0.15, 0.2) is 0 Å². The summed E-state index contributed by atoms with van der Waals surface area (Å²) in [5, 5.41) is 0. The van der Waals surface area contributed by atoms with Crippen molar-refractivity contribution in [1.29, 1.82) is 0 Å². The Morgan fingerprint density at radius 1 is 1.21 bits per heavy atom. The second-order valence-electron chi connectivity index (χ2n) is 5.02. The third-order valence-corrected chi connectivity index (χ3v) is 4.19. The number of ether oxygens (including phenoxy) is 1. The molecule has 0 aromatic heterocycles. The van der Waals surface area contributed by atoms with Crippen LogP contribution >= 0.6 is 15.9 Å². The SMILES string of the molecule is NCCc1cccc(Br)c1OCCN1CCCCC1. The Bertz CT molecular complexity index is 392. The zero-order chi connectivity index (χ0) is 13.5. The number of nitrogens with zero attached hydrogens (tertiary/aromatic N) is 1. The van der Waals surface area contributed by atoms with Gasteiger partial charge in [-0.15, -0.1) is 0 Å². The number of para-hydroxylation sites is 1. The minimum Gasteiger partial charge on any atom is -0.491 e. The first-order valence-electron chi connectivity index (χ1n) is 7.14. The number of hydrogen-bond donors (Lipinski definition) is 1. The van der Waals surface area contributed by atoms with Crippen LogP contribution in [0.2, 0.25) is 0 Å². The highest BCUT2D eigenvalue weighted by atomic mass is 79.9. The molecule has 2 rings (SSSR count). The fourth-order valence-electron chi connectivity index (χ4n) is 2.53. The van der Waals surface area contributed by atoms with Gasteiger partial charge in [-0.1, -0.05) is 18.6 Å². The van der Waals surface area contributed by atoms with Crippen LogP contribution in [-0.4, -0.2) is 37.7 Å². The largest absolute Gasteiger partial charge is 0.491 e. The Labute approximate surface area is 124 Å². The van der Waals surface area contributed by atoms with E-state index in [4.69, 9.17) is 10.5 Å². The van der Waals surface area contributed by atoms with E-state index in [-0.39, 0.29) is 0 Å². The van der Waals surface area contributed by atoms with E-state index in [9.17, 15) is 0 Å². The number of benzene rings is 1. The molecule has 0 amide bonds. The lowest BCUT2D eigenvalue weighted by Gasteiger charge is -2.26. The molecule has 1 aromatic carbocycles. The molecule has 1 aliphatic heterocycles. The zero-order valence-corrected chi connectivity index (χ0v) is 13.0. The lowest BCUT2D eigenvalue weighted by atomic mass is 10.1. The van der Waals surface area contributed by atoms with Crippen molar-refractivity contribution in [3.05, 3.63) is 28.2 Å². The van der Waals surface area contributed by atoms with Gasteiger partial charge in [0.1, 0.15) is 12.4 Å². The lowest BCUT2D eigenvalue weighted by Crippen LogP contribution is -2.33. The Morgan fingerprint density at radius 2 is 2.00 bits per heavy atom. The maximum Gasteiger partial charge on any atom is 0.136 e. The summed E-state index contributed by atoms with van der Waals surface area (Å²) in [7, 11) is 0. The van der Waals surface area contributed by atoms with Crippen molar-refractivity contribution in [2.45, 2.75) is 25.7 Å². The average molecular weight is 327 g/mol. The Kier molecular flexibility index (Phi) is 6.14. The first-order valence-corrected chi connectivity index (χ1v) is 7.93. The fourth-order valence-corrected chi connectivity index (χ4v) is 3.05. The van der Waals surface area contributed by atoms with Gasteiger partial charge in [0.2, 0.25) is 0 Å².